The van der Waals surface area contributed by atoms with Gasteiger partial charge in [-0.15, -0.1) is 0 Å². The maximum atomic E-state index is 11.8. The first-order chi connectivity index (χ1) is 9.89. The molecule has 0 aliphatic heterocycles. The van der Waals surface area contributed by atoms with Gasteiger partial charge >= 0.3 is 0 Å². The number of amides is 1. The van der Waals surface area contributed by atoms with Crippen LogP contribution >= 0.6 is 0 Å². The second-order valence-electron chi connectivity index (χ2n) is 6.39. The molecule has 4 heteroatoms. The van der Waals surface area contributed by atoms with E-state index in [2.05, 4.69) is 55.7 Å². The van der Waals surface area contributed by atoms with E-state index in [1.807, 2.05) is 17.7 Å². The standard InChI is InChI=1S/C17H25N3O/c1-5-18-16(21)12-20-9-8-14-7-6-13(10-15(14)20)11-19-17(2,3)4/h6-10,19H,5,11-12H2,1-4H3,(H,18,21). The van der Waals surface area contributed by atoms with Gasteiger partial charge in [-0.1, -0.05) is 12.1 Å². The van der Waals surface area contributed by atoms with Gasteiger partial charge in [0.1, 0.15) is 6.54 Å². The highest BCUT2D eigenvalue weighted by Crippen LogP contribution is 2.18. The number of fused-ring (bicyclic) bond motifs is 1. The molecule has 1 amide bonds. The maximum Gasteiger partial charge on any atom is 0.239 e. The zero-order valence-electron chi connectivity index (χ0n) is 13.4. The topological polar surface area (TPSA) is 46.1 Å². The molecule has 0 atom stereocenters. The van der Waals surface area contributed by atoms with Crippen molar-refractivity contribution in [2.45, 2.75) is 46.3 Å². The average molecular weight is 287 g/mol. The number of carbonyl (C=O) groups is 1. The van der Waals surface area contributed by atoms with E-state index >= 15 is 0 Å². The van der Waals surface area contributed by atoms with Gasteiger partial charge in [0.2, 0.25) is 5.91 Å². The van der Waals surface area contributed by atoms with Gasteiger partial charge in [0.25, 0.3) is 0 Å². The summed E-state index contributed by atoms with van der Waals surface area (Å²) in [6, 6.07) is 8.46. The third-order valence-corrected chi connectivity index (χ3v) is 3.35. The minimum Gasteiger partial charge on any atom is -0.355 e. The smallest absolute Gasteiger partial charge is 0.239 e. The van der Waals surface area contributed by atoms with Crippen LogP contribution in [0.3, 0.4) is 0 Å². The molecule has 0 unspecified atom stereocenters. The summed E-state index contributed by atoms with van der Waals surface area (Å²) in [5.41, 5.74) is 2.43. The minimum atomic E-state index is 0.0493. The largest absolute Gasteiger partial charge is 0.355 e. The van der Waals surface area contributed by atoms with Crippen LogP contribution in [0.4, 0.5) is 0 Å². The molecule has 0 spiro atoms. The number of aromatic nitrogens is 1. The van der Waals surface area contributed by atoms with Crippen molar-refractivity contribution in [1.82, 2.24) is 15.2 Å². The van der Waals surface area contributed by atoms with Crippen LogP contribution in [0, 0.1) is 0 Å². The minimum absolute atomic E-state index is 0.0493. The normalized spacial score (nSPS) is 11.8. The molecule has 0 aliphatic rings. The lowest BCUT2D eigenvalue weighted by Crippen LogP contribution is -2.35. The molecule has 2 aromatic rings. The van der Waals surface area contributed by atoms with Crippen molar-refractivity contribution in [2.75, 3.05) is 6.54 Å². The van der Waals surface area contributed by atoms with Crippen LogP contribution in [0.1, 0.15) is 33.3 Å². The highest BCUT2D eigenvalue weighted by molar-refractivity contribution is 5.83. The summed E-state index contributed by atoms with van der Waals surface area (Å²) >= 11 is 0. The lowest BCUT2D eigenvalue weighted by molar-refractivity contribution is -0.121. The lowest BCUT2D eigenvalue weighted by Gasteiger charge is -2.20. The number of nitrogens with one attached hydrogen (secondary N) is 2. The second-order valence-corrected chi connectivity index (χ2v) is 6.39. The molecule has 4 nitrogen and oxygen atoms in total. The zero-order chi connectivity index (χ0) is 15.5. The predicted molar refractivity (Wildman–Crippen MR) is 87.2 cm³/mol. The number of benzene rings is 1. The van der Waals surface area contributed by atoms with Gasteiger partial charge < -0.3 is 15.2 Å². The predicted octanol–water partition coefficient (Wildman–Crippen LogP) is 2.67. The van der Waals surface area contributed by atoms with Gasteiger partial charge in [0, 0.05) is 30.3 Å². The molecule has 1 aromatic carbocycles. The molecular formula is C17H25N3O. The van der Waals surface area contributed by atoms with Crippen molar-refractivity contribution in [2.24, 2.45) is 0 Å². The summed E-state index contributed by atoms with van der Waals surface area (Å²) in [5, 5.41) is 7.49. The summed E-state index contributed by atoms with van der Waals surface area (Å²) in [4.78, 5) is 11.8. The lowest BCUT2D eigenvalue weighted by atomic mass is 10.1. The number of hydrogen-bond acceptors (Lipinski definition) is 2. The van der Waals surface area contributed by atoms with E-state index < -0.39 is 0 Å². The molecule has 1 aromatic heterocycles. The van der Waals surface area contributed by atoms with Crippen molar-refractivity contribution in [3.05, 3.63) is 36.0 Å². The fraction of sp³-hybridized carbons (Fsp3) is 0.471. The molecule has 1 heterocycles. The Morgan fingerprint density at radius 1 is 1.24 bits per heavy atom. The Morgan fingerprint density at radius 3 is 2.67 bits per heavy atom. The molecule has 0 aliphatic carbocycles. The Morgan fingerprint density at radius 2 is 2.00 bits per heavy atom. The highest BCUT2D eigenvalue weighted by Gasteiger charge is 2.10. The summed E-state index contributed by atoms with van der Waals surface area (Å²) in [5.74, 6) is 0.0493. The molecular weight excluding hydrogens is 262 g/mol. The maximum absolute atomic E-state index is 11.8. The molecule has 0 radical (unpaired) electrons. The third kappa shape index (κ3) is 4.33. The Bertz CT molecular complexity index is 622. The molecule has 0 bridgehead atoms. The van der Waals surface area contributed by atoms with E-state index in [0.717, 1.165) is 12.1 Å². The number of hydrogen-bond donors (Lipinski definition) is 2. The van der Waals surface area contributed by atoms with Crippen molar-refractivity contribution >= 4 is 16.8 Å². The van der Waals surface area contributed by atoms with Crippen LogP contribution in [-0.4, -0.2) is 22.6 Å². The summed E-state index contributed by atoms with van der Waals surface area (Å²) in [6.07, 6.45) is 1.97. The van der Waals surface area contributed by atoms with Gasteiger partial charge in [-0.3, -0.25) is 4.79 Å². The van der Waals surface area contributed by atoms with Gasteiger partial charge in [0.05, 0.1) is 0 Å². The zero-order valence-corrected chi connectivity index (χ0v) is 13.4. The number of rotatable bonds is 5. The van der Waals surface area contributed by atoms with Crippen LogP contribution in [0.5, 0.6) is 0 Å². The van der Waals surface area contributed by atoms with Gasteiger partial charge in [-0.05, 0) is 50.8 Å². The average Bonchev–Trinajstić information content (AvgIpc) is 2.78. The fourth-order valence-electron chi connectivity index (χ4n) is 2.25. The van der Waals surface area contributed by atoms with Crippen molar-refractivity contribution < 1.29 is 4.79 Å². The monoisotopic (exact) mass is 287 g/mol. The quantitative estimate of drug-likeness (QED) is 0.888. The Labute approximate surface area is 126 Å². The van der Waals surface area contributed by atoms with Crippen LogP contribution in [-0.2, 0) is 17.9 Å². The summed E-state index contributed by atoms with van der Waals surface area (Å²) < 4.78 is 2.00. The van der Waals surface area contributed by atoms with Crippen molar-refractivity contribution in [3.63, 3.8) is 0 Å². The van der Waals surface area contributed by atoms with Crippen LogP contribution < -0.4 is 10.6 Å². The summed E-state index contributed by atoms with van der Waals surface area (Å²) in [6.45, 7) is 10.3. The van der Waals surface area contributed by atoms with E-state index in [0.29, 0.717) is 13.1 Å². The molecule has 21 heavy (non-hydrogen) atoms. The Balaban J connectivity index is 2.18. The SMILES string of the molecule is CCNC(=O)Cn1ccc2ccc(CNC(C)(C)C)cc21. The first kappa shape index (κ1) is 15.6. The molecule has 0 fully saturated rings. The highest BCUT2D eigenvalue weighted by atomic mass is 16.1. The first-order valence-electron chi connectivity index (χ1n) is 7.48. The van der Waals surface area contributed by atoms with E-state index in [4.69, 9.17) is 0 Å². The molecule has 2 N–H and O–H groups in total. The van der Waals surface area contributed by atoms with Gasteiger partial charge in [-0.2, -0.15) is 0 Å². The molecule has 0 saturated carbocycles. The van der Waals surface area contributed by atoms with E-state index in [1.165, 1.54) is 10.9 Å². The van der Waals surface area contributed by atoms with Crippen molar-refractivity contribution in [3.8, 4) is 0 Å². The van der Waals surface area contributed by atoms with Crippen LogP contribution in [0.2, 0.25) is 0 Å². The summed E-state index contributed by atoms with van der Waals surface area (Å²) in [7, 11) is 0. The fourth-order valence-corrected chi connectivity index (χ4v) is 2.25. The third-order valence-electron chi connectivity index (χ3n) is 3.35. The molecule has 0 saturated heterocycles. The van der Waals surface area contributed by atoms with E-state index in [-0.39, 0.29) is 11.4 Å². The molecule has 2 rings (SSSR count). The Kier molecular flexibility index (Phi) is 4.68. The Hall–Kier alpha value is -1.81. The van der Waals surface area contributed by atoms with Gasteiger partial charge in [-0.25, -0.2) is 0 Å². The first-order valence-corrected chi connectivity index (χ1v) is 7.48. The van der Waals surface area contributed by atoms with Crippen molar-refractivity contribution in [1.29, 1.82) is 0 Å². The number of nitrogens with zero attached hydrogens (tertiary/aromatic N) is 1. The van der Waals surface area contributed by atoms with E-state index in [9.17, 15) is 4.79 Å². The van der Waals surface area contributed by atoms with E-state index in [1.54, 1.807) is 0 Å². The van der Waals surface area contributed by atoms with Crippen LogP contribution in [0.15, 0.2) is 30.5 Å². The molecule has 114 valence electrons. The second kappa shape index (κ2) is 6.31. The number of carbonyl (C=O) groups excluding carboxylic acids is 1. The van der Waals surface area contributed by atoms with Gasteiger partial charge in [0.15, 0.2) is 0 Å². The van der Waals surface area contributed by atoms with Crippen LogP contribution in [0.25, 0.3) is 10.9 Å². The number of likely N-dealkylation sites (N-methyl/N-ethyl adjacent to an activating group) is 1.